The number of likely N-dealkylation sites (N-methyl/N-ethyl adjacent to an activating group) is 1. The van der Waals surface area contributed by atoms with Crippen molar-refractivity contribution in [2.45, 2.75) is 18.9 Å². The minimum Gasteiger partial charge on any atom is -0.381 e. The smallest absolute Gasteiger partial charge is 0.248 e. The fourth-order valence-electron chi connectivity index (χ4n) is 3.00. The molecule has 0 atom stereocenters. The molecule has 0 radical (unpaired) electrons. The zero-order valence-corrected chi connectivity index (χ0v) is 12.6. The van der Waals surface area contributed by atoms with Gasteiger partial charge in [0.1, 0.15) is 12.4 Å². The number of ether oxygens (including phenoxy) is 1. The molecule has 2 aliphatic heterocycles. The van der Waals surface area contributed by atoms with Gasteiger partial charge in [0, 0.05) is 32.8 Å². The van der Waals surface area contributed by atoms with Crippen molar-refractivity contribution in [3.05, 3.63) is 29.8 Å². The van der Waals surface area contributed by atoms with Gasteiger partial charge < -0.3 is 14.5 Å². The number of fused-ring (bicyclic) bond motifs is 1. The van der Waals surface area contributed by atoms with Gasteiger partial charge in [-0.3, -0.25) is 9.79 Å². The van der Waals surface area contributed by atoms with Crippen LogP contribution in [0, 0.1) is 0 Å². The van der Waals surface area contributed by atoms with E-state index in [9.17, 15) is 4.79 Å². The molecule has 1 aromatic rings. The Morgan fingerprint density at radius 1 is 1.24 bits per heavy atom. The first kappa shape index (κ1) is 14.1. The van der Waals surface area contributed by atoms with E-state index in [2.05, 4.69) is 9.89 Å². The van der Waals surface area contributed by atoms with Gasteiger partial charge in [0.2, 0.25) is 5.91 Å². The predicted octanol–water partition coefficient (Wildman–Crippen LogP) is 1.52. The number of hydrogen-bond acceptors (Lipinski definition) is 4. The average Bonchev–Trinajstić information content (AvgIpc) is 2.66. The topological polar surface area (TPSA) is 45.1 Å². The van der Waals surface area contributed by atoms with E-state index in [0.717, 1.165) is 43.0 Å². The normalized spacial score (nSPS) is 20.1. The molecule has 0 aromatic heterocycles. The standard InChI is InChI=1S/C16H21N3O2/c1-18-14-6-4-3-5-13(14)16(17-11-15(18)20)19-9-7-12(21-2)8-10-19/h3-6,12H,7-11H2,1-2H3. The summed E-state index contributed by atoms with van der Waals surface area (Å²) in [4.78, 5) is 20.6. The van der Waals surface area contributed by atoms with Gasteiger partial charge >= 0.3 is 0 Å². The van der Waals surface area contributed by atoms with Crippen LogP contribution in [0.4, 0.5) is 5.69 Å². The largest absolute Gasteiger partial charge is 0.381 e. The molecule has 0 bridgehead atoms. The lowest BCUT2D eigenvalue weighted by atomic mass is 10.0. The fourth-order valence-corrected chi connectivity index (χ4v) is 3.00. The maximum absolute atomic E-state index is 12.1. The highest BCUT2D eigenvalue weighted by Crippen LogP contribution is 2.26. The number of para-hydroxylation sites is 1. The second kappa shape index (κ2) is 5.85. The first-order chi connectivity index (χ1) is 10.2. The lowest BCUT2D eigenvalue weighted by Gasteiger charge is -2.34. The highest BCUT2D eigenvalue weighted by Gasteiger charge is 2.27. The van der Waals surface area contributed by atoms with Gasteiger partial charge in [0.05, 0.1) is 11.8 Å². The molecule has 0 saturated carbocycles. The Morgan fingerprint density at radius 3 is 2.67 bits per heavy atom. The Morgan fingerprint density at radius 2 is 1.95 bits per heavy atom. The predicted molar refractivity (Wildman–Crippen MR) is 82.9 cm³/mol. The molecule has 1 amide bonds. The van der Waals surface area contributed by atoms with E-state index in [0.29, 0.717) is 6.10 Å². The van der Waals surface area contributed by atoms with Crippen molar-refractivity contribution in [2.75, 3.05) is 38.7 Å². The number of hydrogen-bond donors (Lipinski definition) is 0. The Hall–Kier alpha value is -1.88. The molecule has 3 rings (SSSR count). The number of methoxy groups -OCH3 is 1. The maximum Gasteiger partial charge on any atom is 0.248 e. The Balaban J connectivity index is 1.91. The van der Waals surface area contributed by atoms with Gasteiger partial charge in [-0.05, 0) is 25.0 Å². The summed E-state index contributed by atoms with van der Waals surface area (Å²) in [6.45, 7) is 2.05. The molecule has 21 heavy (non-hydrogen) atoms. The number of benzene rings is 1. The number of carbonyl (C=O) groups is 1. The van der Waals surface area contributed by atoms with Crippen LogP contribution in [-0.2, 0) is 9.53 Å². The van der Waals surface area contributed by atoms with Crippen LogP contribution in [0.15, 0.2) is 29.3 Å². The first-order valence-electron chi connectivity index (χ1n) is 7.39. The van der Waals surface area contributed by atoms with Crippen LogP contribution in [0.25, 0.3) is 0 Å². The van der Waals surface area contributed by atoms with Gasteiger partial charge in [0.15, 0.2) is 0 Å². The van der Waals surface area contributed by atoms with Crippen LogP contribution >= 0.6 is 0 Å². The highest BCUT2D eigenvalue weighted by atomic mass is 16.5. The highest BCUT2D eigenvalue weighted by molar-refractivity contribution is 6.10. The number of amides is 1. The number of carbonyl (C=O) groups excluding carboxylic acids is 1. The van der Waals surface area contributed by atoms with Crippen molar-refractivity contribution in [3.8, 4) is 0 Å². The second-order valence-electron chi connectivity index (χ2n) is 5.53. The van der Waals surface area contributed by atoms with E-state index in [-0.39, 0.29) is 12.5 Å². The first-order valence-corrected chi connectivity index (χ1v) is 7.39. The van der Waals surface area contributed by atoms with Crippen molar-refractivity contribution in [3.63, 3.8) is 0 Å². The minimum absolute atomic E-state index is 0.0317. The third-order valence-corrected chi connectivity index (χ3v) is 4.32. The van der Waals surface area contributed by atoms with E-state index < -0.39 is 0 Å². The molecule has 5 nitrogen and oxygen atoms in total. The van der Waals surface area contributed by atoms with Crippen molar-refractivity contribution in [2.24, 2.45) is 4.99 Å². The van der Waals surface area contributed by atoms with Gasteiger partial charge in [-0.25, -0.2) is 0 Å². The number of amidine groups is 1. The van der Waals surface area contributed by atoms with Crippen LogP contribution in [0.5, 0.6) is 0 Å². The summed E-state index contributed by atoms with van der Waals surface area (Å²) in [7, 11) is 3.59. The lowest BCUT2D eigenvalue weighted by molar-refractivity contribution is -0.116. The zero-order valence-electron chi connectivity index (χ0n) is 12.6. The van der Waals surface area contributed by atoms with Crippen LogP contribution in [0.2, 0.25) is 0 Å². The third-order valence-electron chi connectivity index (χ3n) is 4.32. The molecule has 1 saturated heterocycles. The van der Waals surface area contributed by atoms with Crippen LogP contribution in [0.3, 0.4) is 0 Å². The zero-order chi connectivity index (χ0) is 14.8. The summed E-state index contributed by atoms with van der Waals surface area (Å²) in [5.74, 6) is 0.974. The van der Waals surface area contributed by atoms with Crippen molar-refractivity contribution in [1.29, 1.82) is 0 Å². The fraction of sp³-hybridized carbons (Fsp3) is 0.500. The molecule has 0 unspecified atom stereocenters. The summed E-state index contributed by atoms with van der Waals surface area (Å²) in [6.07, 6.45) is 2.34. The average molecular weight is 287 g/mol. The van der Waals surface area contributed by atoms with Gasteiger partial charge in [-0.15, -0.1) is 0 Å². The molecule has 1 fully saturated rings. The SMILES string of the molecule is COC1CCN(C2=NCC(=O)N(C)c3ccccc32)CC1. The molecule has 0 spiro atoms. The summed E-state index contributed by atoms with van der Waals surface area (Å²) in [5.41, 5.74) is 1.98. The molecule has 0 N–H and O–H groups in total. The Kier molecular flexibility index (Phi) is 3.92. The number of piperidine rings is 1. The molecule has 0 aliphatic carbocycles. The van der Waals surface area contributed by atoms with E-state index in [4.69, 9.17) is 4.74 Å². The van der Waals surface area contributed by atoms with E-state index in [1.54, 1.807) is 12.0 Å². The minimum atomic E-state index is 0.0317. The van der Waals surface area contributed by atoms with E-state index in [1.165, 1.54) is 0 Å². The number of benzodiazepines with no additional fused rings is 1. The molecule has 112 valence electrons. The Bertz CT molecular complexity index is 562. The van der Waals surface area contributed by atoms with Crippen molar-refractivity contribution >= 4 is 17.4 Å². The molecular formula is C16H21N3O2. The summed E-state index contributed by atoms with van der Waals surface area (Å²) < 4.78 is 5.43. The lowest BCUT2D eigenvalue weighted by Crippen LogP contribution is -2.41. The molecule has 2 aliphatic rings. The van der Waals surface area contributed by atoms with Crippen LogP contribution < -0.4 is 4.90 Å². The van der Waals surface area contributed by atoms with Crippen LogP contribution in [0.1, 0.15) is 18.4 Å². The number of nitrogens with zero attached hydrogens (tertiary/aromatic N) is 3. The molecule has 5 heteroatoms. The van der Waals surface area contributed by atoms with Crippen molar-refractivity contribution < 1.29 is 9.53 Å². The third kappa shape index (κ3) is 2.65. The number of aliphatic imine (C=N–C) groups is 1. The second-order valence-corrected chi connectivity index (χ2v) is 5.53. The monoisotopic (exact) mass is 287 g/mol. The van der Waals surface area contributed by atoms with Crippen LogP contribution in [-0.4, -0.2) is 56.5 Å². The van der Waals surface area contributed by atoms with Gasteiger partial charge in [-0.1, -0.05) is 12.1 Å². The maximum atomic E-state index is 12.1. The quantitative estimate of drug-likeness (QED) is 0.786. The summed E-state index contributed by atoms with van der Waals surface area (Å²) in [6, 6.07) is 7.99. The van der Waals surface area contributed by atoms with E-state index >= 15 is 0 Å². The van der Waals surface area contributed by atoms with Gasteiger partial charge in [0.25, 0.3) is 0 Å². The summed E-state index contributed by atoms with van der Waals surface area (Å²) in [5, 5.41) is 0. The Labute approximate surface area is 125 Å². The molecule has 1 aromatic carbocycles. The molecule has 2 heterocycles. The number of rotatable bonds is 1. The number of likely N-dealkylation sites (tertiary alicyclic amines) is 1. The van der Waals surface area contributed by atoms with Crippen molar-refractivity contribution in [1.82, 2.24) is 4.90 Å². The van der Waals surface area contributed by atoms with E-state index in [1.807, 2.05) is 31.3 Å². The number of anilines is 1. The summed E-state index contributed by atoms with van der Waals surface area (Å²) >= 11 is 0. The van der Waals surface area contributed by atoms with Gasteiger partial charge in [-0.2, -0.15) is 0 Å². The molecular weight excluding hydrogens is 266 g/mol.